The third-order valence-electron chi connectivity index (χ3n) is 2.69. The van der Waals surface area contributed by atoms with E-state index in [4.69, 9.17) is 10.5 Å². The van der Waals surface area contributed by atoms with Gasteiger partial charge in [0.2, 0.25) is 0 Å². The molecular weight excluding hydrogens is 294 g/mol. The summed E-state index contributed by atoms with van der Waals surface area (Å²) in [5.41, 5.74) is 6.45. The normalized spacial score (nSPS) is 11.1. The zero-order valence-electron chi connectivity index (χ0n) is 12.1. The van der Waals surface area contributed by atoms with E-state index >= 15 is 0 Å². The highest BCUT2D eigenvalue weighted by molar-refractivity contribution is 7.92. The Morgan fingerprint density at radius 2 is 2.00 bits per heavy atom. The third-order valence-corrected chi connectivity index (χ3v) is 4.28. The zero-order chi connectivity index (χ0) is 15.7. The molecule has 0 aliphatic carbocycles. The number of para-hydroxylation sites is 1. The molecule has 7 heteroatoms. The Balaban J connectivity index is 2.38. The van der Waals surface area contributed by atoms with Gasteiger partial charge in [0.1, 0.15) is 11.5 Å². The first-order chi connectivity index (χ1) is 9.98. The molecule has 2 N–H and O–H groups in total. The predicted octanol–water partition coefficient (Wildman–Crippen LogP) is 0.892. The van der Waals surface area contributed by atoms with Gasteiger partial charge >= 0.3 is 5.97 Å². The van der Waals surface area contributed by atoms with Crippen molar-refractivity contribution in [3.63, 3.8) is 0 Å². The lowest BCUT2D eigenvalue weighted by Crippen LogP contribution is -2.22. The lowest BCUT2D eigenvalue weighted by molar-refractivity contribution is -0.139. The Kier molecular flexibility index (Phi) is 7.18. The molecule has 0 heterocycles. The molecule has 1 aromatic rings. The summed E-state index contributed by atoms with van der Waals surface area (Å²) in [4.78, 5) is 11.1. The number of hydrogen-bond acceptors (Lipinski definition) is 6. The highest BCUT2D eigenvalue weighted by atomic mass is 32.2. The molecule has 0 unspecified atom stereocenters. The minimum absolute atomic E-state index is 0.114. The second kappa shape index (κ2) is 8.63. The van der Waals surface area contributed by atoms with E-state index in [0.29, 0.717) is 18.7 Å². The zero-order valence-corrected chi connectivity index (χ0v) is 12.9. The van der Waals surface area contributed by atoms with E-state index in [0.717, 1.165) is 5.56 Å². The smallest absolute Gasteiger partial charge is 0.321 e. The van der Waals surface area contributed by atoms with Gasteiger partial charge < -0.3 is 15.2 Å². The van der Waals surface area contributed by atoms with E-state index in [9.17, 15) is 13.2 Å². The SMILES string of the molecule is CCOC(=O)CS(=O)(=O)CCCOc1ccccc1CN. The van der Waals surface area contributed by atoms with Gasteiger partial charge in [-0.05, 0) is 19.4 Å². The molecule has 0 fully saturated rings. The van der Waals surface area contributed by atoms with Crippen molar-refractivity contribution in [3.8, 4) is 5.75 Å². The maximum atomic E-state index is 11.7. The number of ether oxygens (including phenoxy) is 2. The van der Waals surface area contributed by atoms with Crippen molar-refractivity contribution in [2.45, 2.75) is 19.9 Å². The number of hydrogen-bond donors (Lipinski definition) is 1. The fraction of sp³-hybridized carbons (Fsp3) is 0.500. The highest BCUT2D eigenvalue weighted by Gasteiger charge is 2.17. The van der Waals surface area contributed by atoms with Gasteiger partial charge in [0.25, 0.3) is 0 Å². The Labute approximate surface area is 125 Å². The van der Waals surface area contributed by atoms with E-state index in [1.165, 1.54) is 0 Å². The molecular formula is C14H21NO5S. The Bertz CT molecular complexity index is 556. The van der Waals surface area contributed by atoms with Crippen molar-refractivity contribution < 1.29 is 22.7 Å². The van der Waals surface area contributed by atoms with Gasteiger partial charge in [-0.2, -0.15) is 0 Å². The van der Waals surface area contributed by atoms with Gasteiger partial charge in [0.15, 0.2) is 9.84 Å². The molecule has 0 spiro atoms. The number of sulfone groups is 1. The number of nitrogens with two attached hydrogens (primary N) is 1. The number of carbonyl (C=O) groups excluding carboxylic acids is 1. The first-order valence-electron chi connectivity index (χ1n) is 6.75. The van der Waals surface area contributed by atoms with Crippen LogP contribution in [0.2, 0.25) is 0 Å². The third kappa shape index (κ3) is 6.59. The molecule has 0 aliphatic heterocycles. The topological polar surface area (TPSA) is 95.7 Å². The predicted molar refractivity (Wildman–Crippen MR) is 79.7 cm³/mol. The number of esters is 1. The summed E-state index contributed by atoms with van der Waals surface area (Å²) in [6, 6.07) is 7.33. The number of benzene rings is 1. The second-order valence-corrected chi connectivity index (χ2v) is 6.59. The molecule has 21 heavy (non-hydrogen) atoms. The van der Waals surface area contributed by atoms with Crippen molar-refractivity contribution in [1.29, 1.82) is 0 Å². The molecule has 0 saturated heterocycles. The monoisotopic (exact) mass is 315 g/mol. The summed E-state index contributed by atoms with van der Waals surface area (Å²) in [5, 5.41) is 0. The van der Waals surface area contributed by atoms with Crippen LogP contribution in [-0.4, -0.2) is 39.1 Å². The standard InChI is InChI=1S/C14H21NO5S/c1-2-19-14(16)11-21(17,18)9-5-8-20-13-7-4-3-6-12(13)10-15/h3-4,6-7H,2,5,8-11,15H2,1H3. The molecule has 0 saturated carbocycles. The van der Waals surface area contributed by atoms with Crippen LogP contribution < -0.4 is 10.5 Å². The van der Waals surface area contributed by atoms with Crippen molar-refractivity contribution >= 4 is 15.8 Å². The van der Waals surface area contributed by atoms with Crippen LogP contribution in [0.15, 0.2) is 24.3 Å². The van der Waals surface area contributed by atoms with Crippen LogP contribution in [0.3, 0.4) is 0 Å². The van der Waals surface area contributed by atoms with Crippen LogP contribution in [0.1, 0.15) is 18.9 Å². The van der Waals surface area contributed by atoms with Gasteiger partial charge in [0.05, 0.1) is 19.0 Å². The summed E-state index contributed by atoms with van der Waals surface area (Å²) in [7, 11) is -3.45. The highest BCUT2D eigenvalue weighted by Crippen LogP contribution is 2.17. The molecule has 0 bridgehead atoms. The van der Waals surface area contributed by atoms with E-state index in [1.54, 1.807) is 13.0 Å². The molecule has 1 rings (SSSR count). The van der Waals surface area contributed by atoms with E-state index in [1.807, 2.05) is 18.2 Å². The summed E-state index contributed by atoms with van der Waals surface area (Å²) < 4.78 is 33.5. The number of rotatable bonds is 9. The molecule has 0 aliphatic rings. The maximum Gasteiger partial charge on any atom is 0.321 e. The Morgan fingerprint density at radius 1 is 1.29 bits per heavy atom. The lowest BCUT2D eigenvalue weighted by atomic mass is 10.2. The minimum Gasteiger partial charge on any atom is -0.493 e. The van der Waals surface area contributed by atoms with Crippen molar-refractivity contribution in [3.05, 3.63) is 29.8 Å². The van der Waals surface area contributed by atoms with Crippen LogP contribution in [0.4, 0.5) is 0 Å². The van der Waals surface area contributed by atoms with E-state index in [2.05, 4.69) is 4.74 Å². The summed E-state index contributed by atoms with van der Waals surface area (Å²) in [6.07, 6.45) is 0.306. The van der Waals surface area contributed by atoms with E-state index < -0.39 is 21.6 Å². The summed E-state index contributed by atoms with van der Waals surface area (Å²) in [6.45, 7) is 2.41. The van der Waals surface area contributed by atoms with Gasteiger partial charge in [0, 0.05) is 12.1 Å². The van der Waals surface area contributed by atoms with Gasteiger partial charge in [-0.3, -0.25) is 4.79 Å². The fourth-order valence-electron chi connectivity index (χ4n) is 1.73. The van der Waals surface area contributed by atoms with Gasteiger partial charge in [-0.15, -0.1) is 0 Å². The lowest BCUT2D eigenvalue weighted by Gasteiger charge is -2.10. The molecule has 0 aromatic heterocycles. The van der Waals surface area contributed by atoms with Crippen LogP contribution in [-0.2, 0) is 25.9 Å². The van der Waals surface area contributed by atoms with Crippen LogP contribution >= 0.6 is 0 Å². The minimum atomic E-state index is -3.45. The van der Waals surface area contributed by atoms with Crippen LogP contribution in [0, 0.1) is 0 Å². The second-order valence-electron chi connectivity index (χ2n) is 4.41. The molecule has 0 radical (unpaired) electrons. The average Bonchev–Trinajstić information content (AvgIpc) is 2.43. The maximum absolute atomic E-state index is 11.7. The van der Waals surface area contributed by atoms with Crippen molar-refractivity contribution in [1.82, 2.24) is 0 Å². The van der Waals surface area contributed by atoms with Crippen molar-refractivity contribution in [2.75, 3.05) is 24.7 Å². The first kappa shape index (κ1) is 17.5. The van der Waals surface area contributed by atoms with Crippen molar-refractivity contribution in [2.24, 2.45) is 5.73 Å². The quantitative estimate of drug-likeness (QED) is 0.537. The van der Waals surface area contributed by atoms with Gasteiger partial charge in [-0.25, -0.2) is 8.42 Å². The molecule has 0 atom stereocenters. The fourth-order valence-corrected chi connectivity index (χ4v) is 2.87. The van der Waals surface area contributed by atoms with Crippen LogP contribution in [0.25, 0.3) is 0 Å². The number of carbonyl (C=O) groups is 1. The molecule has 0 amide bonds. The average molecular weight is 315 g/mol. The van der Waals surface area contributed by atoms with Gasteiger partial charge in [-0.1, -0.05) is 18.2 Å². The molecule has 118 valence electrons. The Morgan fingerprint density at radius 3 is 2.67 bits per heavy atom. The largest absolute Gasteiger partial charge is 0.493 e. The first-order valence-corrected chi connectivity index (χ1v) is 8.57. The van der Waals surface area contributed by atoms with Crippen LogP contribution in [0.5, 0.6) is 5.75 Å². The molecule has 1 aromatic carbocycles. The Hall–Kier alpha value is -1.60. The molecule has 6 nitrogen and oxygen atoms in total. The summed E-state index contributed by atoms with van der Waals surface area (Å²) in [5.74, 6) is -0.758. The summed E-state index contributed by atoms with van der Waals surface area (Å²) >= 11 is 0. The van der Waals surface area contributed by atoms with E-state index in [-0.39, 0.29) is 19.0 Å².